The molecule has 5 rings (SSSR count). The Kier molecular flexibility index (Phi) is 4.35. The molecule has 0 amide bonds. The van der Waals surface area contributed by atoms with Gasteiger partial charge in [0.25, 0.3) is 0 Å². The highest BCUT2D eigenvalue weighted by Gasteiger charge is 2.43. The molecule has 4 atom stereocenters. The zero-order chi connectivity index (χ0) is 20.0. The Bertz CT molecular complexity index is 1040. The second kappa shape index (κ2) is 7.04. The summed E-state index contributed by atoms with van der Waals surface area (Å²) in [4.78, 5) is 8.34. The van der Waals surface area contributed by atoms with Gasteiger partial charge in [0.05, 0.1) is 23.8 Å². The first kappa shape index (κ1) is 17.9. The lowest BCUT2D eigenvalue weighted by Gasteiger charge is -2.33. The second-order valence-electron chi connectivity index (χ2n) is 7.70. The number of fused-ring (bicyclic) bond motifs is 2. The first-order valence-corrected chi connectivity index (χ1v) is 9.71. The molecule has 2 bridgehead atoms. The van der Waals surface area contributed by atoms with Crippen molar-refractivity contribution in [2.75, 3.05) is 0 Å². The van der Waals surface area contributed by atoms with Crippen molar-refractivity contribution in [3.8, 4) is 22.8 Å². The van der Waals surface area contributed by atoms with Crippen LogP contribution in [0.3, 0.4) is 0 Å². The third-order valence-corrected chi connectivity index (χ3v) is 5.95. The van der Waals surface area contributed by atoms with Crippen LogP contribution >= 0.6 is 0 Å². The number of imidazole rings is 1. The van der Waals surface area contributed by atoms with Crippen LogP contribution in [0.4, 0.5) is 4.39 Å². The van der Waals surface area contributed by atoms with Crippen molar-refractivity contribution >= 4 is 5.57 Å². The maximum absolute atomic E-state index is 14.8. The lowest BCUT2D eigenvalue weighted by molar-refractivity contribution is 0.167. The zero-order valence-electron chi connectivity index (χ0n) is 15.7. The lowest BCUT2D eigenvalue weighted by Crippen LogP contribution is -2.47. The Labute approximate surface area is 167 Å². The maximum atomic E-state index is 14.8. The van der Waals surface area contributed by atoms with Crippen LogP contribution in [0, 0.1) is 5.92 Å². The number of rotatable bonds is 4. The average Bonchev–Trinajstić information content (AvgIpc) is 3.41. The third-order valence-electron chi connectivity index (χ3n) is 5.95. The SMILES string of the molecule is C=C(c1cnc(-c2ccc(-n3ccnc3)cc2O)nn1)[C@@H]1CC2CCC(N2)[C@@H]1F. The van der Waals surface area contributed by atoms with Gasteiger partial charge in [-0.2, -0.15) is 0 Å². The van der Waals surface area contributed by atoms with Crippen LogP contribution in [0.25, 0.3) is 22.6 Å². The van der Waals surface area contributed by atoms with Gasteiger partial charge >= 0.3 is 0 Å². The van der Waals surface area contributed by atoms with Gasteiger partial charge in [0.2, 0.25) is 0 Å². The molecule has 2 unspecified atom stereocenters. The number of nitrogens with one attached hydrogen (secondary N) is 1. The van der Waals surface area contributed by atoms with Crippen molar-refractivity contribution in [1.29, 1.82) is 0 Å². The van der Waals surface area contributed by atoms with Crippen LogP contribution in [-0.4, -0.2) is 48.1 Å². The van der Waals surface area contributed by atoms with Gasteiger partial charge in [0.1, 0.15) is 17.6 Å². The minimum atomic E-state index is -0.970. The highest BCUT2D eigenvalue weighted by molar-refractivity contribution is 5.67. The minimum Gasteiger partial charge on any atom is -0.507 e. The predicted molar refractivity (Wildman–Crippen MR) is 106 cm³/mol. The molecule has 2 aliphatic heterocycles. The number of piperidine rings is 1. The number of phenols is 1. The number of nitrogens with zero attached hydrogens (tertiary/aromatic N) is 5. The number of aromatic hydroxyl groups is 1. The van der Waals surface area contributed by atoms with Gasteiger partial charge in [-0.1, -0.05) is 6.58 Å². The van der Waals surface area contributed by atoms with E-state index in [9.17, 15) is 9.50 Å². The lowest BCUT2D eigenvalue weighted by atomic mass is 9.84. The first-order chi connectivity index (χ1) is 14.1. The number of alkyl halides is 1. The van der Waals surface area contributed by atoms with Gasteiger partial charge in [-0.3, -0.25) is 0 Å². The van der Waals surface area contributed by atoms with E-state index in [0.29, 0.717) is 28.7 Å². The molecule has 29 heavy (non-hydrogen) atoms. The first-order valence-electron chi connectivity index (χ1n) is 9.71. The Morgan fingerprint density at radius 1 is 1.28 bits per heavy atom. The molecule has 148 valence electrons. The van der Waals surface area contributed by atoms with Crippen LogP contribution in [-0.2, 0) is 0 Å². The molecule has 2 aromatic heterocycles. The highest BCUT2D eigenvalue weighted by atomic mass is 19.1. The summed E-state index contributed by atoms with van der Waals surface area (Å²) in [6, 6.07) is 5.44. The molecule has 2 aliphatic rings. The molecule has 2 N–H and O–H groups in total. The van der Waals surface area contributed by atoms with Gasteiger partial charge in [-0.05, 0) is 37.0 Å². The summed E-state index contributed by atoms with van der Waals surface area (Å²) in [6.45, 7) is 4.09. The smallest absolute Gasteiger partial charge is 0.185 e. The summed E-state index contributed by atoms with van der Waals surface area (Å²) < 4.78 is 16.6. The molecular weight excluding hydrogens is 371 g/mol. The van der Waals surface area contributed by atoms with Crippen molar-refractivity contribution in [3.63, 3.8) is 0 Å². The van der Waals surface area contributed by atoms with Crippen LogP contribution in [0.2, 0.25) is 0 Å². The summed E-state index contributed by atoms with van der Waals surface area (Å²) in [5, 5.41) is 22.1. The topological polar surface area (TPSA) is 88.8 Å². The van der Waals surface area contributed by atoms with Crippen molar-refractivity contribution < 1.29 is 9.50 Å². The molecule has 7 nitrogen and oxygen atoms in total. The van der Waals surface area contributed by atoms with Gasteiger partial charge in [0, 0.05) is 36.5 Å². The fraction of sp³-hybridized carbons (Fsp3) is 0.333. The molecule has 0 spiro atoms. The average molecular weight is 392 g/mol. The van der Waals surface area contributed by atoms with Crippen molar-refractivity contribution in [3.05, 3.63) is 55.4 Å². The van der Waals surface area contributed by atoms with E-state index in [1.807, 2.05) is 6.07 Å². The van der Waals surface area contributed by atoms with E-state index in [0.717, 1.165) is 24.9 Å². The fourth-order valence-electron chi connectivity index (χ4n) is 4.36. The van der Waals surface area contributed by atoms with Crippen LogP contribution in [0.15, 0.2) is 49.7 Å². The molecule has 8 heteroatoms. The number of hydrogen-bond donors (Lipinski definition) is 2. The number of allylic oxidation sites excluding steroid dienone is 1. The Hall–Kier alpha value is -3.13. The van der Waals surface area contributed by atoms with E-state index in [2.05, 4.69) is 32.1 Å². The Morgan fingerprint density at radius 2 is 2.17 bits per heavy atom. The third kappa shape index (κ3) is 3.19. The summed E-state index contributed by atoms with van der Waals surface area (Å²) in [6.07, 6.45) is 8.29. The van der Waals surface area contributed by atoms with Crippen LogP contribution < -0.4 is 5.32 Å². The second-order valence-corrected chi connectivity index (χ2v) is 7.70. The van der Waals surface area contributed by atoms with E-state index in [-0.39, 0.29) is 17.7 Å². The molecule has 3 aromatic rings. The van der Waals surface area contributed by atoms with E-state index < -0.39 is 6.17 Å². The van der Waals surface area contributed by atoms with Gasteiger partial charge in [0.15, 0.2) is 5.82 Å². The summed E-state index contributed by atoms with van der Waals surface area (Å²) in [7, 11) is 0. The molecule has 4 heterocycles. The number of benzene rings is 1. The summed E-state index contributed by atoms with van der Waals surface area (Å²) in [5.41, 5.74) is 2.39. The molecular formula is C21H21FN6O. The minimum absolute atomic E-state index is 0.0447. The van der Waals surface area contributed by atoms with Crippen LogP contribution in [0.1, 0.15) is 25.0 Å². The largest absolute Gasteiger partial charge is 0.507 e. The number of phenolic OH excluding ortho intramolecular Hbond substituents is 1. The van der Waals surface area contributed by atoms with E-state index >= 15 is 0 Å². The molecule has 1 aromatic carbocycles. The highest BCUT2D eigenvalue weighted by Crippen LogP contribution is 2.39. The molecule has 0 radical (unpaired) electrons. The zero-order valence-corrected chi connectivity index (χ0v) is 15.7. The Balaban J connectivity index is 1.37. The van der Waals surface area contributed by atoms with E-state index in [1.54, 1.807) is 41.6 Å². The quantitative estimate of drug-likeness (QED) is 0.710. The number of hydrogen-bond acceptors (Lipinski definition) is 6. The predicted octanol–water partition coefficient (Wildman–Crippen LogP) is 2.92. The summed E-state index contributed by atoms with van der Waals surface area (Å²) in [5.74, 6) is 0.0836. The molecule has 2 saturated heterocycles. The summed E-state index contributed by atoms with van der Waals surface area (Å²) >= 11 is 0. The van der Waals surface area contributed by atoms with Crippen molar-refractivity contribution in [2.45, 2.75) is 37.5 Å². The standard InChI is InChI=1S/C21H21FN6O/c1-12(16-8-13-2-5-17(25-13)20(16)22)18-10-24-21(27-26-18)15-4-3-14(9-19(15)29)28-7-6-23-11-28/h3-4,6-7,9-11,13,16-17,20,25,29H,1-2,5,8H2/t13?,16-,17?,20+/m0/s1. The molecule has 2 fully saturated rings. The van der Waals surface area contributed by atoms with E-state index in [4.69, 9.17) is 0 Å². The maximum Gasteiger partial charge on any atom is 0.185 e. The number of halogens is 1. The fourth-order valence-corrected chi connectivity index (χ4v) is 4.36. The monoisotopic (exact) mass is 392 g/mol. The van der Waals surface area contributed by atoms with Crippen molar-refractivity contribution in [2.24, 2.45) is 5.92 Å². The normalized spacial score (nSPS) is 25.8. The molecule has 0 aliphatic carbocycles. The van der Waals surface area contributed by atoms with Crippen molar-refractivity contribution in [1.82, 2.24) is 30.0 Å². The van der Waals surface area contributed by atoms with Gasteiger partial charge in [-0.15, -0.1) is 10.2 Å². The van der Waals surface area contributed by atoms with E-state index in [1.165, 1.54) is 0 Å². The van der Waals surface area contributed by atoms with Gasteiger partial charge in [-0.25, -0.2) is 14.4 Å². The Morgan fingerprint density at radius 3 is 2.90 bits per heavy atom. The number of aromatic nitrogens is 5. The molecule has 0 saturated carbocycles. The van der Waals surface area contributed by atoms with Gasteiger partial charge < -0.3 is 15.0 Å². The van der Waals surface area contributed by atoms with Crippen LogP contribution in [0.5, 0.6) is 5.75 Å².